The van der Waals surface area contributed by atoms with E-state index in [1.54, 1.807) is 0 Å². The summed E-state index contributed by atoms with van der Waals surface area (Å²) in [6.45, 7) is 10.3. The Morgan fingerprint density at radius 1 is 1.10 bits per heavy atom. The molecule has 124 valence electrons. The third-order valence-corrected chi connectivity index (χ3v) is 6.38. The Morgan fingerprint density at radius 2 is 1.76 bits per heavy atom. The van der Waals surface area contributed by atoms with Gasteiger partial charge in [-0.15, -0.1) is 0 Å². The van der Waals surface area contributed by atoms with Crippen molar-refractivity contribution in [3.05, 3.63) is 0 Å². The standard InChI is InChI=1S/C18H37N3/c1-5-7-17-8-6-10-18(14-19,11-9-17)21-12-15(2)20(4)16(3)13-21/h15-17H,5-14,19H2,1-4H3. The Bertz CT molecular complexity index is 308. The molecule has 1 saturated carbocycles. The zero-order valence-corrected chi connectivity index (χ0v) is 14.8. The second kappa shape index (κ2) is 7.43. The zero-order valence-electron chi connectivity index (χ0n) is 14.8. The van der Waals surface area contributed by atoms with Gasteiger partial charge in [-0.1, -0.05) is 32.6 Å². The second-order valence-corrected chi connectivity index (χ2v) is 7.78. The smallest absolute Gasteiger partial charge is 0.0333 e. The van der Waals surface area contributed by atoms with Gasteiger partial charge in [0.15, 0.2) is 0 Å². The number of likely N-dealkylation sites (N-methyl/N-ethyl adjacent to an activating group) is 1. The van der Waals surface area contributed by atoms with Gasteiger partial charge in [-0.3, -0.25) is 9.80 Å². The maximum Gasteiger partial charge on any atom is 0.0333 e. The quantitative estimate of drug-likeness (QED) is 0.809. The van der Waals surface area contributed by atoms with Crippen molar-refractivity contribution in [3.63, 3.8) is 0 Å². The molecular formula is C18H37N3. The van der Waals surface area contributed by atoms with Gasteiger partial charge in [0.1, 0.15) is 0 Å². The second-order valence-electron chi connectivity index (χ2n) is 7.78. The van der Waals surface area contributed by atoms with E-state index in [9.17, 15) is 0 Å². The number of rotatable bonds is 4. The summed E-state index contributed by atoms with van der Waals surface area (Å²) < 4.78 is 0. The van der Waals surface area contributed by atoms with Crippen LogP contribution in [0.4, 0.5) is 0 Å². The Morgan fingerprint density at radius 3 is 2.33 bits per heavy atom. The lowest BCUT2D eigenvalue weighted by Crippen LogP contribution is -2.64. The van der Waals surface area contributed by atoms with Crippen LogP contribution in [0, 0.1) is 5.92 Å². The van der Waals surface area contributed by atoms with Crippen molar-refractivity contribution in [2.45, 2.75) is 83.3 Å². The molecule has 4 atom stereocenters. The Hall–Kier alpha value is -0.120. The molecule has 3 nitrogen and oxygen atoms in total. The van der Waals surface area contributed by atoms with Crippen LogP contribution >= 0.6 is 0 Å². The summed E-state index contributed by atoms with van der Waals surface area (Å²) in [6.07, 6.45) is 9.56. The summed E-state index contributed by atoms with van der Waals surface area (Å²) in [5, 5.41) is 0. The van der Waals surface area contributed by atoms with Crippen LogP contribution in [0.25, 0.3) is 0 Å². The lowest BCUT2D eigenvalue weighted by atomic mass is 9.85. The molecule has 0 amide bonds. The fourth-order valence-corrected chi connectivity index (χ4v) is 4.60. The average molecular weight is 296 g/mol. The monoisotopic (exact) mass is 295 g/mol. The van der Waals surface area contributed by atoms with Crippen LogP contribution in [0.5, 0.6) is 0 Å². The molecule has 2 fully saturated rings. The SMILES string of the molecule is CCCC1CCCC(CN)(N2CC(C)N(C)C(C)C2)CC1. The summed E-state index contributed by atoms with van der Waals surface area (Å²) in [4.78, 5) is 5.29. The Kier molecular flexibility index (Phi) is 6.10. The van der Waals surface area contributed by atoms with Crippen molar-refractivity contribution in [2.75, 3.05) is 26.7 Å². The number of nitrogens with zero attached hydrogens (tertiary/aromatic N) is 2. The molecule has 2 rings (SSSR count). The topological polar surface area (TPSA) is 32.5 Å². The molecule has 0 aromatic rings. The van der Waals surface area contributed by atoms with Gasteiger partial charge in [0, 0.05) is 37.3 Å². The molecule has 0 radical (unpaired) electrons. The average Bonchev–Trinajstić information content (AvgIpc) is 2.68. The highest BCUT2D eigenvalue weighted by Crippen LogP contribution is 2.37. The molecule has 1 aliphatic carbocycles. The predicted octanol–water partition coefficient (Wildman–Crippen LogP) is 3.09. The number of hydrogen-bond acceptors (Lipinski definition) is 3. The third-order valence-electron chi connectivity index (χ3n) is 6.38. The molecular weight excluding hydrogens is 258 g/mol. The summed E-state index contributed by atoms with van der Waals surface area (Å²) in [6, 6.07) is 1.29. The molecule has 1 heterocycles. The van der Waals surface area contributed by atoms with Gasteiger partial charge in [-0.05, 0) is 46.1 Å². The molecule has 4 unspecified atom stereocenters. The summed E-state index contributed by atoms with van der Waals surface area (Å²) in [5.41, 5.74) is 6.61. The summed E-state index contributed by atoms with van der Waals surface area (Å²) in [5.74, 6) is 0.950. The van der Waals surface area contributed by atoms with E-state index < -0.39 is 0 Å². The maximum atomic E-state index is 6.33. The van der Waals surface area contributed by atoms with E-state index in [2.05, 4.69) is 37.6 Å². The van der Waals surface area contributed by atoms with Gasteiger partial charge >= 0.3 is 0 Å². The molecule has 0 bridgehead atoms. The van der Waals surface area contributed by atoms with Crippen molar-refractivity contribution < 1.29 is 0 Å². The molecule has 2 N–H and O–H groups in total. The summed E-state index contributed by atoms with van der Waals surface area (Å²) in [7, 11) is 2.27. The van der Waals surface area contributed by atoms with Crippen molar-refractivity contribution in [1.29, 1.82) is 0 Å². The highest BCUT2D eigenvalue weighted by Gasteiger charge is 2.41. The lowest BCUT2D eigenvalue weighted by molar-refractivity contribution is -0.0171. The Balaban J connectivity index is 2.06. The van der Waals surface area contributed by atoms with Gasteiger partial charge in [0.05, 0.1) is 0 Å². The first-order valence-electron chi connectivity index (χ1n) is 9.19. The van der Waals surface area contributed by atoms with Gasteiger partial charge in [0.2, 0.25) is 0 Å². The minimum Gasteiger partial charge on any atom is -0.329 e. The first-order valence-corrected chi connectivity index (χ1v) is 9.19. The zero-order chi connectivity index (χ0) is 15.5. The van der Waals surface area contributed by atoms with E-state index in [-0.39, 0.29) is 5.54 Å². The molecule has 21 heavy (non-hydrogen) atoms. The first-order chi connectivity index (χ1) is 10.0. The van der Waals surface area contributed by atoms with Crippen LogP contribution in [0.3, 0.4) is 0 Å². The van der Waals surface area contributed by atoms with Gasteiger partial charge < -0.3 is 5.73 Å². The minimum absolute atomic E-state index is 0.284. The predicted molar refractivity (Wildman–Crippen MR) is 91.5 cm³/mol. The third kappa shape index (κ3) is 3.80. The normalized spacial score (nSPS) is 40.1. The largest absolute Gasteiger partial charge is 0.329 e. The Labute approximate surface area is 132 Å². The van der Waals surface area contributed by atoms with E-state index in [1.165, 1.54) is 58.0 Å². The molecule has 0 aromatic carbocycles. The number of hydrogen-bond donors (Lipinski definition) is 1. The van der Waals surface area contributed by atoms with Gasteiger partial charge in [0.25, 0.3) is 0 Å². The van der Waals surface area contributed by atoms with Crippen molar-refractivity contribution in [2.24, 2.45) is 11.7 Å². The van der Waals surface area contributed by atoms with E-state index >= 15 is 0 Å². The van der Waals surface area contributed by atoms with Crippen molar-refractivity contribution in [3.8, 4) is 0 Å². The molecule has 1 saturated heterocycles. The maximum absolute atomic E-state index is 6.33. The molecule has 0 spiro atoms. The van der Waals surface area contributed by atoms with Crippen LogP contribution in [0.1, 0.15) is 65.7 Å². The number of piperazine rings is 1. The minimum atomic E-state index is 0.284. The molecule has 0 aromatic heterocycles. The van der Waals surface area contributed by atoms with Gasteiger partial charge in [-0.2, -0.15) is 0 Å². The fraction of sp³-hybridized carbons (Fsp3) is 1.00. The lowest BCUT2D eigenvalue weighted by Gasteiger charge is -2.51. The van der Waals surface area contributed by atoms with Crippen LogP contribution < -0.4 is 5.73 Å². The highest BCUT2D eigenvalue weighted by atomic mass is 15.3. The van der Waals surface area contributed by atoms with Gasteiger partial charge in [-0.25, -0.2) is 0 Å². The first kappa shape index (κ1) is 17.2. The van der Waals surface area contributed by atoms with Crippen molar-refractivity contribution in [1.82, 2.24) is 9.80 Å². The molecule has 1 aliphatic heterocycles. The summed E-state index contributed by atoms with van der Waals surface area (Å²) >= 11 is 0. The van der Waals surface area contributed by atoms with Crippen LogP contribution in [-0.2, 0) is 0 Å². The van der Waals surface area contributed by atoms with Crippen molar-refractivity contribution >= 4 is 0 Å². The van der Waals surface area contributed by atoms with Crippen LogP contribution in [-0.4, -0.2) is 54.1 Å². The molecule has 2 aliphatic rings. The van der Waals surface area contributed by atoms with E-state index in [0.29, 0.717) is 12.1 Å². The highest BCUT2D eigenvalue weighted by molar-refractivity contribution is 4.98. The van der Waals surface area contributed by atoms with Crippen LogP contribution in [0.2, 0.25) is 0 Å². The van der Waals surface area contributed by atoms with E-state index in [4.69, 9.17) is 5.73 Å². The number of nitrogens with two attached hydrogens (primary N) is 1. The molecule has 3 heteroatoms. The van der Waals surface area contributed by atoms with Crippen LogP contribution in [0.15, 0.2) is 0 Å². The fourth-order valence-electron chi connectivity index (χ4n) is 4.60. The van der Waals surface area contributed by atoms with E-state index in [0.717, 1.165) is 12.5 Å². The van der Waals surface area contributed by atoms with E-state index in [1.807, 2.05) is 0 Å².